The lowest BCUT2D eigenvalue weighted by Gasteiger charge is -2.32. The van der Waals surface area contributed by atoms with E-state index >= 15 is 0 Å². The molecule has 0 saturated carbocycles. The van der Waals surface area contributed by atoms with E-state index in [1.165, 1.54) is 4.90 Å². The monoisotopic (exact) mass is 336 g/mol. The molecule has 1 aliphatic heterocycles. The second kappa shape index (κ2) is 6.51. The number of nitrogens with zero attached hydrogens (tertiary/aromatic N) is 1. The highest BCUT2D eigenvalue weighted by atomic mass is 19.4. The van der Waals surface area contributed by atoms with Crippen LogP contribution in [-0.2, 0) is 4.79 Å². The van der Waals surface area contributed by atoms with Crippen molar-refractivity contribution in [3.63, 3.8) is 0 Å². The summed E-state index contributed by atoms with van der Waals surface area (Å²) in [6, 6.07) is 1.85. The van der Waals surface area contributed by atoms with Crippen LogP contribution in [0.4, 0.5) is 22.0 Å². The second-order valence-electron chi connectivity index (χ2n) is 5.16. The van der Waals surface area contributed by atoms with E-state index in [4.69, 9.17) is 0 Å². The van der Waals surface area contributed by atoms with Crippen molar-refractivity contribution in [1.82, 2.24) is 10.2 Å². The van der Waals surface area contributed by atoms with Crippen LogP contribution in [0.15, 0.2) is 18.2 Å². The van der Waals surface area contributed by atoms with E-state index in [9.17, 15) is 31.5 Å². The van der Waals surface area contributed by atoms with Gasteiger partial charge in [-0.05, 0) is 25.0 Å². The van der Waals surface area contributed by atoms with Gasteiger partial charge in [-0.2, -0.15) is 13.2 Å². The Bertz CT molecular complexity index is 610. The Morgan fingerprint density at radius 2 is 1.74 bits per heavy atom. The molecule has 1 aliphatic rings. The van der Waals surface area contributed by atoms with E-state index in [1.807, 2.05) is 5.32 Å². The number of amides is 2. The summed E-state index contributed by atoms with van der Waals surface area (Å²) in [7, 11) is 0. The van der Waals surface area contributed by atoms with Crippen LogP contribution >= 0.6 is 0 Å². The zero-order valence-electron chi connectivity index (χ0n) is 11.8. The van der Waals surface area contributed by atoms with E-state index in [0.717, 1.165) is 12.1 Å². The molecule has 1 heterocycles. The van der Waals surface area contributed by atoms with Gasteiger partial charge >= 0.3 is 12.1 Å². The van der Waals surface area contributed by atoms with Gasteiger partial charge in [0.05, 0.1) is 5.56 Å². The number of carbonyl (C=O) groups excluding carboxylic acids is 2. The van der Waals surface area contributed by atoms with Crippen LogP contribution in [0.25, 0.3) is 0 Å². The van der Waals surface area contributed by atoms with Gasteiger partial charge < -0.3 is 10.2 Å². The highest BCUT2D eigenvalue weighted by Gasteiger charge is 2.40. The van der Waals surface area contributed by atoms with Crippen molar-refractivity contribution < 1.29 is 31.5 Å². The fraction of sp³-hybridized carbons (Fsp3) is 0.429. The molecule has 1 aromatic carbocycles. The van der Waals surface area contributed by atoms with Gasteiger partial charge in [-0.3, -0.25) is 9.59 Å². The van der Waals surface area contributed by atoms with Crippen LogP contribution in [0, 0.1) is 11.6 Å². The average molecular weight is 336 g/mol. The van der Waals surface area contributed by atoms with Crippen LogP contribution in [0.1, 0.15) is 23.2 Å². The number of halogens is 5. The highest BCUT2D eigenvalue weighted by molar-refractivity contribution is 5.94. The van der Waals surface area contributed by atoms with Gasteiger partial charge in [0.25, 0.3) is 5.91 Å². The fourth-order valence-corrected chi connectivity index (χ4v) is 2.33. The van der Waals surface area contributed by atoms with Crippen LogP contribution in [0.2, 0.25) is 0 Å². The highest BCUT2D eigenvalue weighted by Crippen LogP contribution is 2.19. The average Bonchev–Trinajstić information content (AvgIpc) is 2.46. The number of carbonyl (C=O) groups is 2. The number of benzene rings is 1. The molecule has 126 valence electrons. The molecular formula is C14H13F5N2O2. The zero-order valence-corrected chi connectivity index (χ0v) is 11.8. The lowest BCUT2D eigenvalue weighted by atomic mass is 10.0. The van der Waals surface area contributed by atoms with Crippen molar-refractivity contribution in [2.45, 2.75) is 25.1 Å². The molecule has 0 unspecified atom stereocenters. The molecular weight excluding hydrogens is 323 g/mol. The Hall–Kier alpha value is -2.19. The Balaban J connectivity index is 1.94. The van der Waals surface area contributed by atoms with Gasteiger partial charge in [-0.25, -0.2) is 8.78 Å². The lowest BCUT2D eigenvalue weighted by Crippen LogP contribution is -2.49. The third-order valence-electron chi connectivity index (χ3n) is 3.54. The number of nitrogens with one attached hydrogen (secondary N) is 1. The predicted molar refractivity (Wildman–Crippen MR) is 69.5 cm³/mol. The molecule has 0 bridgehead atoms. The first-order valence-corrected chi connectivity index (χ1v) is 6.80. The van der Waals surface area contributed by atoms with Crippen molar-refractivity contribution in [2.24, 2.45) is 0 Å². The largest absolute Gasteiger partial charge is 0.471 e. The molecule has 1 saturated heterocycles. The van der Waals surface area contributed by atoms with E-state index in [-0.39, 0.29) is 31.5 Å². The summed E-state index contributed by atoms with van der Waals surface area (Å²) in [6.07, 6.45) is -4.71. The Labute approximate surface area is 128 Å². The first-order valence-electron chi connectivity index (χ1n) is 6.80. The number of hydrogen-bond acceptors (Lipinski definition) is 2. The van der Waals surface area contributed by atoms with E-state index in [0.29, 0.717) is 6.07 Å². The third kappa shape index (κ3) is 4.17. The molecule has 1 N–H and O–H groups in total. The van der Waals surface area contributed by atoms with Gasteiger partial charge in [0, 0.05) is 25.2 Å². The quantitative estimate of drug-likeness (QED) is 0.842. The number of hydrogen-bond donors (Lipinski definition) is 1. The summed E-state index contributed by atoms with van der Waals surface area (Å²) in [4.78, 5) is 24.2. The number of piperidine rings is 1. The van der Waals surface area contributed by atoms with E-state index in [2.05, 4.69) is 0 Å². The van der Waals surface area contributed by atoms with Crippen molar-refractivity contribution in [2.75, 3.05) is 13.1 Å². The summed E-state index contributed by atoms with van der Waals surface area (Å²) in [5.41, 5.74) is -0.302. The number of likely N-dealkylation sites (tertiary alicyclic amines) is 1. The number of alkyl halides is 3. The molecule has 4 nitrogen and oxygen atoms in total. The van der Waals surface area contributed by atoms with Gasteiger partial charge in [-0.15, -0.1) is 0 Å². The standard InChI is InChI=1S/C14H13F5N2O2/c15-8-1-2-10(11(16)7-8)12(22)21-5-3-9(4-6-21)20-13(23)14(17,18)19/h1-2,7,9H,3-6H2,(H,20,23). The minimum absolute atomic E-state index is 0.0679. The van der Waals surface area contributed by atoms with Crippen molar-refractivity contribution in [3.05, 3.63) is 35.4 Å². The maximum Gasteiger partial charge on any atom is 0.471 e. The molecule has 0 aromatic heterocycles. The van der Waals surface area contributed by atoms with E-state index in [1.54, 1.807) is 0 Å². The van der Waals surface area contributed by atoms with Crippen molar-refractivity contribution in [3.8, 4) is 0 Å². The van der Waals surface area contributed by atoms with Crippen LogP contribution in [-0.4, -0.2) is 42.0 Å². The fourth-order valence-electron chi connectivity index (χ4n) is 2.33. The summed E-state index contributed by atoms with van der Waals surface area (Å²) in [6.45, 7) is 0.136. The summed E-state index contributed by atoms with van der Waals surface area (Å²) in [5.74, 6) is -4.50. The normalized spacial score (nSPS) is 16.3. The molecule has 2 amide bonds. The molecule has 2 rings (SSSR count). The Morgan fingerprint density at radius 1 is 1.13 bits per heavy atom. The summed E-state index contributed by atoms with van der Waals surface area (Å²) < 4.78 is 62.9. The SMILES string of the molecule is O=C(c1ccc(F)cc1F)N1CCC(NC(=O)C(F)(F)F)CC1. The van der Waals surface area contributed by atoms with Crippen LogP contribution < -0.4 is 5.32 Å². The minimum atomic E-state index is -4.95. The molecule has 23 heavy (non-hydrogen) atoms. The second-order valence-corrected chi connectivity index (χ2v) is 5.16. The molecule has 0 spiro atoms. The molecule has 9 heteroatoms. The maximum atomic E-state index is 13.6. The van der Waals surface area contributed by atoms with Gasteiger partial charge in [0.2, 0.25) is 0 Å². The van der Waals surface area contributed by atoms with Gasteiger partial charge in [0.15, 0.2) is 0 Å². The summed E-state index contributed by atoms with van der Waals surface area (Å²) in [5, 5.41) is 1.85. The van der Waals surface area contributed by atoms with Gasteiger partial charge in [-0.1, -0.05) is 0 Å². The van der Waals surface area contributed by atoms with Crippen molar-refractivity contribution >= 4 is 11.8 Å². The maximum absolute atomic E-state index is 13.6. The smallest absolute Gasteiger partial charge is 0.345 e. The topological polar surface area (TPSA) is 49.4 Å². The Morgan fingerprint density at radius 3 is 2.26 bits per heavy atom. The molecule has 0 radical (unpaired) electrons. The Kier molecular flexibility index (Phi) is 4.86. The van der Waals surface area contributed by atoms with Crippen molar-refractivity contribution in [1.29, 1.82) is 0 Å². The van der Waals surface area contributed by atoms with E-state index < -0.39 is 35.7 Å². The molecule has 0 atom stereocenters. The van der Waals surface area contributed by atoms with Gasteiger partial charge in [0.1, 0.15) is 11.6 Å². The predicted octanol–water partition coefficient (Wildman–Crippen LogP) is 2.25. The lowest BCUT2D eigenvalue weighted by molar-refractivity contribution is -0.174. The molecule has 0 aliphatic carbocycles. The zero-order chi connectivity index (χ0) is 17.2. The summed E-state index contributed by atoms with van der Waals surface area (Å²) >= 11 is 0. The van der Waals surface area contributed by atoms with Crippen LogP contribution in [0.5, 0.6) is 0 Å². The first kappa shape index (κ1) is 17.2. The third-order valence-corrected chi connectivity index (χ3v) is 3.54. The molecule has 1 aromatic rings. The first-order chi connectivity index (χ1) is 10.7. The number of rotatable bonds is 2. The van der Waals surface area contributed by atoms with Crippen LogP contribution in [0.3, 0.4) is 0 Å². The molecule has 1 fully saturated rings. The minimum Gasteiger partial charge on any atom is -0.345 e.